The van der Waals surface area contributed by atoms with E-state index in [1.165, 1.54) is 23.0 Å². The first kappa shape index (κ1) is 31.2. The summed E-state index contributed by atoms with van der Waals surface area (Å²) in [4.78, 5) is 57.3. The largest absolute Gasteiger partial charge is 0.368 e. The van der Waals surface area contributed by atoms with Crippen LogP contribution in [-0.4, -0.2) is 57.4 Å². The third-order valence-corrected chi connectivity index (χ3v) is 6.72. The Morgan fingerprint density at radius 1 is 1.00 bits per heavy atom. The van der Waals surface area contributed by atoms with Crippen molar-refractivity contribution in [1.29, 1.82) is 5.26 Å². The predicted octanol–water partition coefficient (Wildman–Crippen LogP) is 1.62. The van der Waals surface area contributed by atoms with Crippen molar-refractivity contribution in [2.45, 2.75) is 38.8 Å². The molecule has 0 aliphatic rings. The van der Waals surface area contributed by atoms with Crippen molar-refractivity contribution in [3.63, 3.8) is 0 Å². The molecule has 1 aromatic heterocycles. The van der Waals surface area contributed by atoms with Gasteiger partial charge in [-0.05, 0) is 47.0 Å². The van der Waals surface area contributed by atoms with Gasteiger partial charge in [0.1, 0.15) is 29.2 Å². The highest BCUT2D eigenvalue weighted by molar-refractivity contribution is 5.98. The van der Waals surface area contributed by atoms with E-state index < -0.39 is 35.7 Å². The molecular weight excluding hydrogens is 564 g/mol. The van der Waals surface area contributed by atoms with Crippen molar-refractivity contribution in [3.8, 4) is 11.8 Å². The van der Waals surface area contributed by atoms with Crippen LogP contribution in [0.2, 0.25) is 0 Å². The second-order valence-electron chi connectivity index (χ2n) is 10.3. The fourth-order valence-corrected chi connectivity index (χ4v) is 4.35. The number of para-hydroxylation sites is 1. The minimum atomic E-state index is -0.926. The highest BCUT2D eigenvalue weighted by Crippen LogP contribution is 2.22. The number of benzene rings is 3. The number of rotatable bonds is 13. The molecule has 0 saturated heterocycles. The quantitative estimate of drug-likeness (QED) is 0.179. The highest BCUT2D eigenvalue weighted by Gasteiger charge is 2.26. The molecule has 2 atom stereocenters. The van der Waals surface area contributed by atoms with Gasteiger partial charge in [-0.2, -0.15) is 5.26 Å². The van der Waals surface area contributed by atoms with E-state index >= 15 is 0 Å². The molecule has 13 nitrogen and oxygen atoms in total. The zero-order chi connectivity index (χ0) is 31.6. The average molecular weight is 597 g/mol. The van der Waals surface area contributed by atoms with Crippen LogP contribution in [0.15, 0.2) is 72.8 Å². The average Bonchev–Trinajstić information content (AvgIpc) is 3.42. The van der Waals surface area contributed by atoms with Crippen molar-refractivity contribution >= 4 is 34.7 Å². The lowest BCUT2D eigenvalue weighted by Crippen LogP contribution is -2.50. The summed E-state index contributed by atoms with van der Waals surface area (Å²) in [5, 5.41) is 25.6. The van der Waals surface area contributed by atoms with E-state index in [0.29, 0.717) is 11.0 Å². The molecule has 0 spiro atoms. The molecule has 0 aliphatic heterocycles. The normalized spacial score (nSPS) is 12.1. The number of primary amides is 1. The first-order chi connectivity index (χ1) is 21.2. The lowest BCUT2D eigenvalue weighted by Gasteiger charge is -2.22. The van der Waals surface area contributed by atoms with Gasteiger partial charge in [0, 0.05) is 24.9 Å². The summed E-state index contributed by atoms with van der Waals surface area (Å²) in [5.74, 6) is -2.32. The molecule has 0 aliphatic carbocycles. The van der Waals surface area contributed by atoms with Gasteiger partial charge in [-0.15, -0.1) is 5.10 Å². The number of nitriles is 1. The van der Waals surface area contributed by atoms with Crippen molar-refractivity contribution in [1.82, 2.24) is 31.1 Å². The topological polar surface area (TPSA) is 194 Å². The van der Waals surface area contributed by atoms with Crippen LogP contribution in [0.1, 0.15) is 41.8 Å². The van der Waals surface area contributed by atoms with E-state index in [-0.39, 0.29) is 42.2 Å². The van der Waals surface area contributed by atoms with Crippen molar-refractivity contribution in [2.75, 3.05) is 6.54 Å². The molecular formula is C31H32N8O5. The molecule has 0 radical (unpaired) electrons. The molecule has 1 heterocycles. The molecule has 226 valence electrons. The summed E-state index contributed by atoms with van der Waals surface area (Å²) in [5.41, 5.74) is 7.73. The van der Waals surface area contributed by atoms with Crippen LogP contribution >= 0.6 is 0 Å². The molecule has 3 aromatic carbocycles. The number of amides is 4. The van der Waals surface area contributed by atoms with Crippen LogP contribution in [0, 0.1) is 17.2 Å². The number of carbonyl (C=O) groups is 4. The Labute approximate surface area is 253 Å². The van der Waals surface area contributed by atoms with Gasteiger partial charge in [0.2, 0.25) is 17.7 Å². The van der Waals surface area contributed by atoms with E-state index in [1.54, 1.807) is 32.0 Å². The van der Waals surface area contributed by atoms with E-state index in [0.717, 1.165) is 5.56 Å². The Balaban J connectivity index is 1.33. The number of fused-ring (bicyclic) bond motifs is 1. The van der Waals surface area contributed by atoms with Gasteiger partial charge in [0.05, 0.1) is 5.56 Å². The van der Waals surface area contributed by atoms with Crippen molar-refractivity contribution < 1.29 is 24.0 Å². The zero-order valence-corrected chi connectivity index (χ0v) is 24.2. The standard InChI is InChI=1S/C31H32N8O5/c1-19(2)28(31(43)34-15-14-27(40)35-24(29(33)41)16-20-8-4-3-5-9-20)36-30(42)21-12-13-26(22(17-21)18-32)44-39-25-11-7-6-10-23(25)37-38-39/h3-13,17,19,24,28H,14-16H2,1-2H3,(H2,33,41)(H,34,43)(H,35,40)(H,36,42)/t24-,28-/m0/s1. The second-order valence-corrected chi connectivity index (χ2v) is 10.3. The summed E-state index contributed by atoms with van der Waals surface area (Å²) in [6.45, 7) is 3.50. The molecule has 4 aromatic rings. The minimum absolute atomic E-state index is 0.0256. The van der Waals surface area contributed by atoms with Crippen molar-refractivity contribution in [3.05, 3.63) is 89.5 Å². The van der Waals surface area contributed by atoms with Gasteiger partial charge in [-0.3, -0.25) is 19.2 Å². The van der Waals surface area contributed by atoms with E-state index in [2.05, 4.69) is 26.3 Å². The van der Waals surface area contributed by atoms with Crippen LogP contribution in [0.25, 0.3) is 11.0 Å². The lowest BCUT2D eigenvalue weighted by atomic mass is 10.0. The van der Waals surface area contributed by atoms with Crippen LogP contribution in [-0.2, 0) is 20.8 Å². The monoisotopic (exact) mass is 596 g/mol. The molecule has 0 unspecified atom stereocenters. The van der Waals surface area contributed by atoms with E-state index in [9.17, 15) is 24.4 Å². The van der Waals surface area contributed by atoms with Gasteiger partial charge < -0.3 is 26.5 Å². The number of aromatic nitrogens is 3. The third kappa shape index (κ3) is 7.95. The molecule has 5 N–H and O–H groups in total. The first-order valence-corrected chi connectivity index (χ1v) is 13.9. The SMILES string of the molecule is CC(C)[C@H](NC(=O)c1ccc(On2nnc3ccccc32)c(C#N)c1)C(=O)NCCC(=O)N[C@@H](Cc1ccccc1)C(N)=O. The Hall–Kier alpha value is -5.77. The molecule has 4 rings (SSSR count). The third-order valence-electron chi connectivity index (χ3n) is 6.72. The number of nitrogens with one attached hydrogen (secondary N) is 3. The fourth-order valence-electron chi connectivity index (χ4n) is 4.35. The highest BCUT2D eigenvalue weighted by atomic mass is 16.7. The molecule has 0 saturated carbocycles. The number of hydrogen-bond donors (Lipinski definition) is 4. The minimum Gasteiger partial charge on any atom is -0.368 e. The van der Waals surface area contributed by atoms with Crippen LogP contribution in [0.3, 0.4) is 0 Å². The molecule has 44 heavy (non-hydrogen) atoms. The first-order valence-electron chi connectivity index (χ1n) is 13.9. The number of nitrogens with zero attached hydrogens (tertiary/aromatic N) is 4. The summed E-state index contributed by atoms with van der Waals surface area (Å²) >= 11 is 0. The maximum absolute atomic E-state index is 13.1. The van der Waals surface area contributed by atoms with Gasteiger partial charge in [-0.1, -0.05) is 61.2 Å². The van der Waals surface area contributed by atoms with Gasteiger partial charge in [0.15, 0.2) is 5.75 Å². The van der Waals surface area contributed by atoms with Gasteiger partial charge in [0.25, 0.3) is 5.91 Å². The molecule has 0 bridgehead atoms. The molecule has 13 heteroatoms. The Morgan fingerprint density at radius 2 is 1.73 bits per heavy atom. The van der Waals surface area contributed by atoms with Gasteiger partial charge in [-0.25, -0.2) is 0 Å². The number of carbonyl (C=O) groups excluding carboxylic acids is 4. The maximum atomic E-state index is 13.1. The van der Waals surface area contributed by atoms with Crippen molar-refractivity contribution in [2.24, 2.45) is 11.7 Å². The molecule has 0 fully saturated rings. The summed E-state index contributed by atoms with van der Waals surface area (Å²) in [6.07, 6.45) is 0.144. The lowest BCUT2D eigenvalue weighted by molar-refractivity contribution is -0.127. The van der Waals surface area contributed by atoms with E-state index in [4.69, 9.17) is 10.6 Å². The van der Waals surface area contributed by atoms with Gasteiger partial charge >= 0.3 is 0 Å². The Morgan fingerprint density at radius 3 is 2.43 bits per heavy atom. The molecule has 4 amide bonds. The predicted molar refractivity (Wildman–Crippen MR) is 160 cm³/mol. The number of nitrogens with two attached hydrogens (primary N) is 1. The van der Waals surface area contributed by atoms with Crippen LogP contribution in [0.5, 0.6) is 5.75 Å². The van der Waals surface area contributed by atoms with E-state index in [1.807, 2.05) is 42.5 Å². The Kier molecular flexibility index (Phi) is 10.2. The van der Waals surface area contributed by atoms with Crippen LogP contribution in [0.4, 0.5) is 0 Å². The summed E-state index contributed by atoms with van der Waals surface area (Å²) < 4.78 is 0. The fraction of sp³-hybridized carbons (Fsp3) is 0.258. The summed E-state index contributed by atoms with van der Waals surface area (Å²) in [6, 6.07) is 20.7. The van der Waals surface area contributed by atoms with Crippen LogP contribution < -0.4 is 26.5 Å². The number of hydrogen-bond acceptors (Lipinski definition) is 8. The maximum Gasteiger partial charge on any atom is 0.251 e. The second kappa shape index (κ2) is 14.4. The Bertz CT molecular complexity index is 1700. The smallest absolute Gasteiger partial charge is 0.251 e. The zero-order valence-electron chi connectivity index (χ0n) is 24.2. The summed E-state index contributed by atoms with van der Waals surface area (Å²) in [7, 11) is 0.